The molecular weight excluding hydrogens is 330 g/mol. The van der Waals surface area contributed by atoms with E-state index >= 15 is 0 Å². The highest BCUT2D eigenvalue weighted by molar-refractivity contribution is 5.87. The van der Waals surface area contributed by atoms with E-state index in [9.17, 15) is 0 Å². The summed E-state index contributed by atoms with van der Waals surface area (Å²) in [6, 6.07) is 4.09. The standard InChI is InChI=1S/C18H23N7O/c1-13-5-4-6-19-16(13)24-7-9-25(10-8-24)18-14-11-20-23(2)17(14)21-15(22-18)12-26-3/h4-6,11H,7-10,12H2,1-3H3. The van der Waals surface area contributed by atoms with Gasteiger partial charge in [0.2, 0.25) is 0 Å². The molecule has 0 aromatic carbocycles. The van der Waals surface area contributed by atoms with Gasteiger partial charge in [-0.2, -0.15) is 5.10 Å². The third-order valence-corrected chi connectivity index (χ3v) is 4.75. The van der Waals surface area contributed by atoms with Crippen molar-refractivity contribution >= 4 is 22.7 Å². The number of piperazine rings is 1. The van der Waals surface area contributed by atoms with Gasteiger partial charge in [-0.25, -0.2) is 15.0 Å². The fraction of sp³-hybridized carbons (Fsp3) is 0.444. The van der Waals surface area contributed by atoms with Crippen LogP contribution in [0.2, 0.25) is 0 Å². The summed E-state index contributed by atoms with van der Waals surface area (Å²) in [5.41, 5.74) is 2.05. The first kappa shape index (κ1) is 16.7. The molecule has 1 aliphatic heterocycles. The Hall–Kier alpha value is -2.74. The summed E-state index contributed by atoms with van der Waals surface area (Å²) in [6.07, 6.45) is 3.70. The first-order valence-electron chi connectivity index (χ1n) is 8.76. The van der Waals surface area contributed by atoms with E-state index in [4.69, 9.17) is 9.72 Å². The van der Waals surface area contributed by atoms with Crippen molar-refractivity contribution in [3.63, 3.8) is 0 Å². The van der Waals surface area contributed by atoms with Crippen molar-refractivity contribution in [2.45, 2.75) is 13.5 Å². The predicted molar refractivity (Wildman–Crippen MR) is 100 cm³/mol. The summed E-state index contributed by atoms with van der Waals surface area (Å²) in [7, 11) is 3.56. The summed E-state index contributed by atoms with van der Waals surface area (Å²) in [5.74, 6) is 2.69. The van der Waals surface area contributed by atoms with Gasteiger partial charge in [0, 0.05) is 46.5 Å². The maximum Gasteiger partial charge on any atom is 0.163 e. The van der Waals surface area contributed by atoms with Crippen molar-refractivity contribution < 1.29 is 4.74 Å². The fourth-order valence-electron chi connectivity index (χ4n) is 3.42. The van der Waals surface area contributed by atoms with Gasteiger partial charge in [-0.05, 0) is 18.6 Å². The Morgan fingerprint density at radius 1 is 1.08 bits per heavy atom. The van der Waals surface area contributed by atoms with Gasteiger partial charge >= 0.3 is 0 Å². The zero-order valence-corrected chi connectivity index (χ0v) is 15.4. The molecule has 0 N–H and O–H groups in total. The van der Waals surface area contributed by atoms with Gasteiger partial charge in [0.05, 0.1) is 11.6 Å². The molecule has 8 heteroatoms. The van der Waals surface area contributed by atoms with Gasteiger partial charge < -0.3 is 14.5 Å². The quantitative estimate of drug-likeness (QED) is 0.704. The molecule has 4 heterocycles. The Labute approximate surface area is 152 Å². The molecular formula is C18H23N7O. The highest BCUT2D eigenvalue weighted by atomic mass is 16.5. The molecule has 0 radical (unpaired) electrons. The van der Waals surface area contributed by atoms with E-state index in [-0.39, 0.29) is 0 Å². The van der Waals surface area contributed by atoms with E-state index < -0.39 is 0 Å². The predicted octanol–water partition coefficient (Wildman–Crippen LogP) is 1.54. The molecule has 1 fully saturated rings. The average Bonchev–Trinajstić information content (AvgIpc) is 3.03. The number of rotatable bonds is 4. The second-order valence-corrected chi connectivity index (χ2v) is 6.52. The van der Waals surface area contributed by atoms with Crippen LogP contribution in [0.15, 0.2) is 24.5 Å². The first-order chi connectivity index (χ1) is 12.7. The second-order valence-electron chi connectivity index (χ2n) is 6.52. The van der Waals surface area contributed by atoms with E-state index in [0.717, 1.165) is 48.8 Å². The summed E-state index contributed by atoms with van der Waals surface area (Å²) in [5, 5.41) is 5.33. The Morgan fingerprint density at radius 3 is 2.50 bits per heavy atom. The van der Waals surface area contributed by atoms with E-state index in [1.165, 1.54) is 5.56 Å². The number of hydrogen-bond donors (Lipinski definition) is 0. The van der Waals surface area contributed by atoms with Crippen molar-refractivity contribution in [3.05, 3.63) is 35.9 Å². The maximum atomic E-state index is 5.23. The zero-order chi connectivity index (χ0) is 18.1. The minimum atomic E-state index is 0.390. The number of nitrogens with zero attached hydrogens (tertiary/aromatic N) is 7. The number of fused-ring (bicyclic) bond motifs is 1. The molecule has 26 heavy (non-hydrogen) atoms. The van der Waals surface area contributed by atoms with Crippen LogP contribution in [-0.2, 0) is 18.4 Å². The molecule has 0 aliphatic carbocycles. The fourth-order valence-corrected chi connectivity index (χ4v) is 3.42. The molecule has 0 atom stereocenters. The third-order valence-electron chi connectivity index (χ3n) is 4.75. The van der Waals surface area contributed by atoms with Crippen LogP contribution in [0, 0.1) is 6.92 Å². The van der Waals surface area contributed by atoms with Crippen LogP contribution in [0.5, 0.6) is 0 Å². The SMILES string of the molecule is COCc1nc(N2CCN(c3ncccc3C)CC2)c2cnn(C)c2n1. The van der Waals surface area contributed by atoms with Gasteiger partial charge in [-0.3, -0.25) is 4.68 Å². The van der Waals surface area contributed by atoms with Crippen LogP contribution in [0.25, 0.3) is 11.0 Å². The number of methoxy groups -OCH3 is 1. The Kier molecular flexibility index (Phi) is 4.42. The topological polar surface area (TPSA) is 72.2 Å². The van der Waals surface area contributed by atoms with Gasteiger partial charge in [0.1, 0.15) is 18.2 Å². The van der Waals surface area contributed by atoms with Crippen LogP contribution < -0.4 is 9.80 Å². The highest BCUT2D eigenvalue weighted by Crippen LogP contribution is 2.26. The van der Waals surface area contributed by atoms with Crippen molar-refractivity contribution in [1.82, 2.24) is 24.7 Å². The maximum absolute atomic E-state index is 5.23. The van der Waals surface area contributed by atoms with E-state index in [2.05, 4.69) is 37.9 Å². The van der Waals surface area contributed by atoms with Crippen LogP contribution >= 0.6 is 0 Å². The Balaban J connectivity index is 1.60. The van der Waals surface area contributed by atoms with Gasteiger partial charge in [-0.1, -0.05) is 6.07 Å². The van der Waals surface area contributed by atoms with Crippen LogP contribution in [0.1, 0.15) is 11.4 Å². The molecule has 136 valence electrons. The average molecular weight is 353 g/mol. The minimum Gasteiger partial charge on any atom is -0.377 e. The lowest BCUT2D eigenvalue weighted by atomic mass is 10.2. The smallest absolute Gasteiger partial charge is 0.163 e. The lowest BCUT2D eigenvalue weighted by Gasteiger charge is -2.36. The number of ether oxygens (including phenoxy) is 1. The molecule has 3 aromatic heterocycles. The normalized spacial score (nSPS) is 15.0. The van der Waals surface area contributed by atoms with E-state index in [1.54, 1.807) is 11.8 Å². The van der Waals surface area contributed by atoms with E-state index in [0.29, 0.717) is 12.4 Å². The molecule has 3 aromatic rings. The lowest BCUT2D eigenvalue weighted by molar-refractivity contribution is 0.178. The summed E-state index contributed by atoms with van der Waals surface area (Å²) < 4.78 is 7.02. The summed E-state index contributed by atoms with van der Waals surface area (Å²) in [6.45, 7) is 6.07. The molecule has 1 aliphatic rings. The second kappa shape index (κ2) is 6.87. The molecule has 0 amide bonds. The van der Waals surface area contributed by atoms with Crippen molar-refractivity contribution in [2.75, 3.05) is 43.1 Å². The first-order valence-corrected chi connectivity index (χ1v) is 8.76. The van der Waals surface area contributed by atoms with Gasteiger partial charge in [-0.15, -0.1) is 0 Å². The number of anilines is 2. The minimum absolute atomic E-state index is 0.390. The molecule has 0 spiro atoms. The molecule has 8 nitrogen and oxygen atoms in total. The van der Waals surface area contributed by atoms with Crippen LogP contribution in [0.4, 0.5) is 11.6 Å². The van der Waals surface area contributed by atoms with Crippen molar-refractivity contribution in [3.8, 4) is 0 Å². The summed E-state index contributed by atoms with van der Waals surface area (Å²) in [4.78, 5) is 18.5. The molecule has 4 rings (SSSR count). The Morgan fingerprint density at radius 2 is 1.81 bits per heavy atom. The lowest BCUT2D eigenvalue weighted by Crippen LogP contribution is -2.47. The number of aryl methyl sites for hydroxylation is 2. The van der Waals surface area contributed by atoms with Crippen molar-refractivity contribution in [2.24, 2.45) is 7.05 Å². The number of aromatic nitrogens is 5. The number of hydrogen-bond acceptors (Lipinski definition) is 7. The molecule has 1 saturated heterocycles. The molecule has 0 saturated carbocycles. The van der Waals surface area contributed by atoms with E-state index in [1.807, 2.05) is 25.5 Å². The molecule has 0 bridgehead atoms. The monoisotopic (exact) mass is 353 g/mol. The van der Waals surface area contributed by atoms with Crippen LogP contribution in [0.3, 0.4) is 0 Å². The van der Waals surface area contributed by atoms with Gasteiger partial charge in [0.25, 0.3) is 0 Å². The summed E-state index contributed by atoms with van der Waals surface area (Å²) >= 11 is 0. The van der Waals surface area contributed by atoms with Gasteiger partial charge in [0.15, 0.2) is 11.5 Å². The largest absolute Gasteiger partial charge is 0.377 e. The Bertz CT molecular complexity index is 915. The zero-order valence-electron chi connectivity index (χ0n) is 15.4. The molecule has 0 unspecified atom stereocenters. The van der Waals surface area contributed by atoms with Crippen molar-refractivity contribution in [1.29, 1.82) is 0 Å². The third kappa shape index (κ3) is 2.96. The highest BCUT2D eigenvalue weighted by Gasteiger charge is 2.23. The van der Waals surface area contributed by atoms with Crippen LogP contribution in [-0.4, -0.2) is 58.0 Å². The number of pyridine rings is 1.